The molecule has 31 heavy (non-hydrogen) atoms. The Kier molecular flexibility index (Phi) is 9.08. The summed E-state index contributed by atoms with van der Waals surface area (Å²) in [7, 11) is 0. The summed E-state index contributed by atoms with van der Waals surface area (Å²) in [5.74, 6) is 3.41. The quantitative estimate of drug-likeness (QED) is 0.336. The molecule has 0 bridgehead atoms. The van der Waals surface area contributed by atoms with Crippen LogP contribution in [0.3, 0.4) is 0 Å². The zero-order chi connectivity index (χ0) is 23.6. The molecule has 0 nitrogen and oxygen atoms in total. The zero-order valence-electron chi connectivity index (χ0n) is 22.3. The molecule has 0 aliphatic carbocycles. The number of benzene rings is 2. The van der Waals surface area contributed by atoms with Gasteiger partial charge in [0.05, 0.1) is 0 Å². The van der Waals surface area contributed by atoms with E-state index in [0.29, 0.717) is 35.5 Å². The second-order valence-electron chi connectivity index (χ2n) is 11.2. The molecule has 170 valence electrons. The fourth-order valence-corrected chi connectivity index (χ4v) is 9.09. The molecule has 0 spiro atoms. The molecular weight excluding hydrogens is 433 g/mol. The Morgan fingerprint density at radius 1 is 0.387 bits per heavy atom. The molecule has 0 amide bonds. The van der Waals surface area contributed by atoms with Gasteiger partial charge >= 0.3 is 200 Å². The number of rotatable bonds is 8. The first-order chi connectivity index (χ1) is 14.3. The van der Waals surface area contributed by atoms with Gasteiger partial charge in [-0.05, 0) is 0 Å². The fourth-order valence-electron chi connectivity index (χ4n) is 4.33. The summed E-state index contributed by atoms with van der Waals surface area (Å²) in [5, 5.41) is 0. The molecule has 0 aromatic heterocycles. The Hall–Kier alpha value is -1.02. The Bertz CT molecular complexity index is 750. The van der Waals surface area contributed by atoms with E-state index >= 15 is 0 Å². The van der Waals surface area contributed by atoms with Gasteiger partial charge in [-0.1, -0.05) is 0 Å². The third kappa shape index (κ3) is 6.07. The van der Waals surface area contributed by atoms with Gasteiger partial charge < -0.3 is 0 Å². The molecule has 0 saturated heterocycles. The van der Waals surface area contributed by atoms with E-state index in [1.807, 2.05) is 0 Å². The van der Waals surface area contributed by atoms with Gasteiger partial charge in [-0.15, -0.1) is 0 Å². The predicted octanol–water partition coefficient (Wildman–Crippen LogP) is 8.08. The minimum atomic E-state index is -0.436. The van der Waals surface area contributed by atoms with Crippen LogP contribution >= 0.6 is 0 Å². The fraction of sp³-hybridized carbons (Fsp3) is 0.600. The van der Waals surface area contributed by atoms with Crippen molar-refractivity contribution in [1.29, 1.82) is 0 Å². The van der Waals surface area contributed by atoms with E-state index in [2.05, 4.69) is 107 Å². The van der Waals surface area contributed by atoms with Crippen LogP contribution in [-0.2, 0) is 0 Å². The summed E-state index contributed by atoms with van der Waals surface area (Å²) in [4.78, 5) is 0. The summed E-state index contributed by atoms with van der Waals surface area (Å²) in [5.41, 5.74) is 9.43. The van der Waals surface area contributed by atoms with Crippen molar-refractivity contribution in [2.45, 2.75) is 119 Å². The van der Waals surface area contributed by atoms with Gasteiger partial charge in [-0.2, -0.15) is 0 Å². The van der Waals surface area contributed by atoms with Crippen molar-refractivity contribution < 1.29 is 0 Å². The molecule has 0 unspecified atom stereocenters. The van der Waals surface area contributed by atoms with Crippen LogP contribution in [0.4, 0.5) is 0 Å². The molecule has 0 fully saturated rings. The Morgan fingerprint density at radius 2 is 0.613 bits per heavy atom. The molecular formula is C30H46Ge. The molecule has 2 aromatic carbocycles. The molecule has 0 heterocycles. The van der Waals surface area contributed by atoms with Crippen LogP contribution in [-0.4, -0.2) is 15.4 Å². The summed E-state index contributed by atoms with van der Waals surface area (Å²) in [6.07, 6.45) is 0. The number of hydrogen-bond acceptors (Lipinski definition) is 0. The van der Waals surface area contributed by atoms with Crippen molar-refractivity contribution in [3.63, 3.8) is 0 Å². The predicted molar refractivity (Wildman–Crippen MR) is 142 cm³/mol. The second kappa shape index (κ2) is 10.7. The van der Waals surface area contributed by atoms with Crippen LogP contribution in [0.25, 0.3) is 0 Å². The topological polar surface area (TPSA) is 0 Å². The van der Waals surface area contributed by atoms with Gasteiger partial charge in [0.1, 0.15) is 0 Å². The first-order valence-corrected chi connectivity index (χ1v) is 14.6. The maximum absolute atomic E-state index is 2.53. The van der Waals surface area contributed by atoms with E-state index in [-0.39, 0.29) is 0 Å². The van der Waals surface area contributed by atoms with Crippen molar-refractivity contribution in [1.82, 2.24) is 0 Å². The molecule has 2 aromatic rings. The monoisotopic (exact) mass is 480 g/mol. The van der Waals surface area contributed by atoms with Gasteiger partial charge in [0.2, 0.25) is 0 Å². The molecule has 0 aliphatic heterocycles. The van der Waals surface area contributed by atoms with Gasteiger partial charge in [-0.25, -0.2) is 0 Å². The van der Waals surface area contributed by atoms with Crippen LogP contribution in [0.5, 0.6) is 0 Å². The van der Waals surface area contributed by atoms with Crippen LogP contribution in [0.15, 0.2) is 24.3 Å². The third-order valence-electron chi connectivity index (χ3n) is 6.51. The van der Waals surface area contributed by atoms with Crippen molar-refractivity contribution >= 4 is 24.2 Å². The van der Waals surface area contributed by atoms with Crippen molar-refractivity contribution in [2.75, 3.05) is 0 Å². The summed E-state index contributed by atoms with van der Waals surface area (Å²) in [6, 6.07) is 10.1. The van der Waals surface area contributed by atoms with Gasteiger partial charge in [0.25, 0.3) is 0 Å². The molecule has 2 radical (unpaired) electrons. The Morgan fingerprint density at radius 3 is 0.774 bits per heavy atom. The third-order valence-corrected chi connectivity index (χ3v) is 9.99. The van der Waals surface area contributed by atoms with E-state index in [1.54, 1.807) is 31.0 Å². The molecule has 2 rings (SSSR count). The summed E-state index contributed by atoms with van der Waals surface area (Å²) in [6.45, 7) is 28.4. The Balaban J connectivity index is 2.83. The van der Waals surface area contributed by atoms with Gasteiger partial charge in [0.15, 0.2) is 0 Å². The van der Waals surface area contributed by atoms with E-state index in [1.165, 1.54) is 11.1 Å². The van der Waals surface area contributed by atoms with Crippen LogP contribution in [0.1, 0.15) is 152 Å². The summed E-state index contributed by atoms with van der Waals surface area (Å²) >= 11 is -0.436. The minimum absolute atomic E-state index is 0.436. The van der Waals surface area contributed by atoms with Crippen LogP contribution in [0, 0.1) is 0 Å². The first-order valence-electron chi connectivity index (χ1n) is 12.5. The molecule has 0 saturated carbocycles. The van der Waals surface area contributed by atoms with Crippen LogP contribution in [0.2, 0.25) is 0 Å². The SMILES string of the molecule is CC(C)c1cc(C(C)C)[c]([Ge][c]2c(C(C)C)cc(C(C)C)cc2C(C)C)c(C(C)C)c1. The van der Waals surface area contributed by atoms with E-state index < -0.39 is 15.4 Å². The van der Waals surface area contributed by atoms with E-state index in [0.717, 1.165) is 0 Å². The molecule has 0 atom stereocenters. The number of hydrogen-bond donors (Lipinski definition) is 0. The van der Waals surface area contributed by atoms with Crippen molar-refractivity contribution in [3.8, 4) is 0 Å². The second-order valence-corrected chi connectivity index (χ2v) is 13.8. The van der Waals surface area contributed by atoms with Crippen molar-refractivity contribution in [3.05, 3.63) is 57.6 Å². The van der Waals surface area contributed by atoms with Crippen LogP contribution < -0.4 is 8.79 Å². The zero-order valence-corrected chi connectivity index (χ0v) is 24.4. The molecule has 1 heteroatoms. The van der Waals surface area contributed by atoms with Gasteiger partial charge in [-0.3, -0.25) is 0 Å². The van der Waals surface area contributed by atoms with Gasteiger partial charge in [0, 0.05) is 0 Å². The average Bonchev–Trinajstić information content (AvgIpc) is 2.66. The van der Waals surface area contributed by atoms with E-state index in [9.17, 15) is 0 Å². The average molecular weight is 479 g/mol. The molecule has 0 N–H and O–H groups in total. The maximum atomic E-state index is 2.53. The molecule has 0 aliphatic rings. The Labute approximate surface area is 200 Å². The van der Waals surface area contributed by atoms with Crippen molar-refractivity contribution in [2.24, 2.45) is 0 Å². The van der Waals surface area contributed by atoms with E-state index in [4.69, 9.17) is 0 Å². The first kappa shape index (κ1) is 26.2. The standard InChI is InChI=1S/C30H46Ge/c1-17(2)23-13-25(19(5)6)29(26(14-23)20(7)8)31-30-27(21(9)10)15-24(18(3)4)16-28(30)22(11)12/h13-22H,1-12H3. The summed E-state index contributed by atoms with van der Waals surface area (Å²) < 4.78 is 3.41. The normalized spacial score (nSPS) is 12.5.